The number of hydrogen-bond acceptors (Lipinski definition) is 6. The molecule has 3 aromatic rings. The van der Waals surface area contributed by atoms with Gasteiger partial charge in [-0.25, -0.2) is 0 Å². The molecule has 0 radical (unpaired) electrons. The zero-order valence-corrected chi connectivity index (χ0v) is 17.3. The van der Waals surface area contributed by atoms with Crippen LogP contribution < -0.4 is 9.64 Å². The Hall–Kier alpha value is -2.80. The van der Waals surface area contributed by atoms with Crippen LogP contribution in [0.5, 0.6) is 5.75 Å². The zero-order chi connectivity index (χ0) is 20.2. The first-order valence-corrected chi connectivity index (χ1v) is 10.8. The summed E-state index contributed by atoms with van der Waals surface area (Å²) in [6.45, 7) is 4.59. The normalized spacial score (nSPS) is 15.4. The number of carbonyl (C=O) groups is 1. The van der Waals surface area contributed by atoms with Crippen molar-refractivity contribution in [2.75, 3.05) is 17.3 Å². The van der Waals surface area contributed by atoms with Crippen molar-refractivity contribution in [1.29, 1.82) is 0 Å². The first-order valence-electron chi connectivity index (χ1n) is 9.70. The highest BCUT2D eigenvalue weighted by atomic mass is 32.2. The fourth-order valence-electron chi connectivity index (χ4n) is 3.60. The van der Waals surface area contributed by atoms with E-state index in [-0.39, 0.29) is 11.9 Å². The number of carbonyl (C=O) groups excluding carboxylic acids is 1. The summed E-state index contributed by atoms with van der Waals surface area (Å²) in [5.74, 6) is 2.68. The van der Waals surface area contributed by atoms with Crippen molar-refractivity contribution in [3.05, 3.63) is 60.0 Å². The second-order valence-corrected chi connectivity index (χ2v) is 7.86. The van der Waals surface area contributed by atoms with E-state index in [4.69, 9.17) is 9.26 Å². The molecule has 0 bridgehead atoms. The van der Waals surface area contributed by atoms with Gasteiger partial charge in [0.2, 0.25) is 17.6 Å². The van der Waals surface area contributed by atoms with Crippen LogP contribution >= 0.6 is 11.8 Å². The van der Waals surface area contributed by atoms with Gasteiger partial charge in [-0.1, -0.05) is 35.5 Å². The van der Waals surface area contributed by atoms with Gasteiger partial charge in [0, 0.05) is 11.7 Å². The van der Waals surface area contributed by atoms with Crippen molar-refractivity contribution in [1.82, 2.24) is 10.1 Å². The third-order valence-corrected chi connectivity index (χ3v) is 5.73. The van der Waals surface area contributed by atoms with Gasteiger partial charge in [-0.3, -0.25) is 4.79 Å². The summed E-state index contributed by atoms with van der Waals surface area (Å²) in [6.07, 6.45) is 0.902. The SMILES string of the molecule is CCOc1ccccc1-c1noc(CSCC(=O)N2c3ccccc3C[C@H]2C)n1. The van der Waals surface area contributed by atoms with Gasteiger partial charge in [-0.15, -0.1) is 11.8 Å². The van der Waals surface area contributed by atoms with Crippen molar-refractivity contribution in [2.45, 2.75) is 32.1 Å². The van der Waals surface area contributed by atoms with Crippen molar-refractivity contribution in [2.24, 2.45) is 0 Å². The fraction of sp³-hybridized carbons (Fsp3) is 0.318. The largest absolute Gasteiger partial charge is 0.493 e. The topological polar surface area (TPSA) is 68.5 Å². The highest BCUT2D eigenvalue weighted by Crippen LogP contribution is 2.32. The van der Waals surface area contributed by atoms with Crippen molar-refractivity contribution in [3.8, 4) is 17.1 Å². The van der Waals surface area contributed by atoms with Crippen LogP contribution in [0.25, 0.3) is 11.4 Å². The number of para-hydroxylation sites is 2. The summed E-state index contributed by atoms with van der Waals surface area (Å²) < 4.78 is 11.0. The molecule has 1 aromatic heterocycles. The van der Waals surface area contributed by atoms with Crippen molar-refractivity contribution < 1.29 is 14.1 Å². The quantitative estimate of drug-likeness (QED) is 0.578. The molecule has 4 rings (SSSR count). The van der Waals surface area contributed by atoms with E-state index in [0.29, 0.717) is 29.8 Å². The van der Waals surface area contributed by atoms with Gasteiger partial charge >= 0.3 is 0 Å². The first-order chi connectivity index (χ1) is 14.2. The number of rotatable bonds is 7. The van der Waals surface area contributed by atoms with Gasteiger partial charge in [-0.2, -0.15) is 4.98 Å². The minimum absolute atomic E-state index is 0.105. The Morgan fingerprint density at radius 3 is 2.90 bits per heavy atom. The molecule has 0 N–H and O–H groups in total. The predicted octanol–water partition coefficient (Wildman–Crippen LogP) is 4.35. The molecule has 1 atom stereocenters. The van der Waals surface area contributed by atoms with E-state index in [1.54, 1.807) is 0 Å². The first kappa shape index (κ1) is 19.5. The number of aromatic nitrogens is 2. The van der Waals surface area contributed by atoms with E-state index in [2.05, 4.69) is 23.1 Å². The van der Waals surface area contributed by atoms with Gasteiger partial charge in [-0.05, 0) is 44.0 Å². The smallest absolute Gasteiger partial charge is 0.237 e. The Labute approximate surface area is 174 Å². The summed E-state index contributed by atoms with van der Waals surface area (Å²) in [5.41, 5.74) is 3.05. The molecule has 0 aliphatic carbocycles. The Kier molecular flexibility index (Phi) is 5.85. The van der Waals surface area contributed by atoms with Crippen LogP contribution in [-0.4, -0.2) is 34.4 Å². The summed E-state index contributed by atoms with van der Waals surface area (Å²) in [5, 5.41) is 4.07. The maximum atomic E-state index is 12.8. The molecule has 0 fully saturated rings. The highest BCUT2D eigenvalue weighted by molar-refractivity contribution is 7.99. The molecular formula is C22H23N3O3S. The fourth-order valence-corrected chi connectivity index (χ4v) is 4.30. The molecule has 2 aromatic carbocycles. The molecule has 7 heteroatoms. The maximum Gasteiger partial charge on any atom is 0.237 e. The molecule has 150 valence electrons. The van der Waals surface area contributed by atoms with Crippen LogP contribution in [0.1, 0.15) is 25.3 Å². The Balaban J connectivity index is 1.37. The summed E-state index contributed by atoms with van der Waals surface area (Å²) in [4.78, 5) is 19.1. The number of anilines is 1. The molecule has 2 heterocycles. The molecule has 29 heavy (non-hydrogen) atoms. The van der Waals surface area contributed by atoms with E-state index in [1.807, 2.05) is 54.3 Å². The molecule has 1 aliphatic rings. The summed E-state index contributed by atoms with van der Waals surface area (Å²) in [7, 11) is 0. The molecule has 1 aliphatic heterocycles. The Morgan fingerprint density at radius 1 is 1.24 bits per heavy atom. The van der Waals surface area contributed by atoms with Crippen LogP contribution in [-0.2, 0) is 17.0 Å². The molecule has 0 unspecified atom stereocenters. The van der Waals surface area contributed by atoms with Crippen molar-refractivity contribution >= 4 is 23.4 Å². The van der Waals surface area contributed by atoms with Crippen LogP contribution in [0.3, 0.4) is 0 Å². The number of thioether (sulfide) groups is 1. The monoisotopic (exact) mass is 409 g/mol. The summed E-state index contributed by atoms with van der Waals surface area (Å²) in [6, 6.07) is 15.9. The molecule has 0 saturated heterocycles. The van der Waals surface area contributed by atoms with Crippen molar-refractivity contribution in [3.63, 3.8) is 0 Å². The van der Waals surface area contributed by atoms with Gasteiger partial charge in [0.25, 0.3) is 0 Å². The number of ether oxygens (including phenoxy) is 1. The van der Waals surface area contributed by atoms with E-state index in [1.165, 1.54) is 17.3 Å². The highest BCUT2D eigenvalue weighted by Gasteiger charge is 2.30. The number of fused-ring (bicyclic) bond motifs is 1. The second-order valence-electron chi connectivity index (χ2n) is 6.88. The molecule has 0 saturated carbocycles. The average Bonchev–Trinajstić information content (AvgIpc) is 3.32. The minimum atomic E-state index is 0.105. The number of benzene rings is 2. The van der Waals surface area contributed by atoms with E-state index in [0.717, 1.165) is 23.4 Å². The van der Waals surface area contributed by atoms with Crippen LogP contribution in [0.15, 0.2) is 53.1 Å². The molecule has 6 nitrogen and oxygen atoms in total. The van der Waals surface area contributed by atoms with E-state index >= 15 is 0 Å². The molecule has 0 spiro atoms. The average molecular weight is 410 g/mol. The zero-order valence-electron chi connectivity index (χ0n) is 16.5. The number of nitrogens with zero attached hydrogens (tertiary/aromatic N) is 3. The number of hydrogen-bond donors (Lipinski definition) is 0. The lowest BCUT2D eigenvalue weighted by atomic mass is 10.1. The summed E-state index contributed by atoms with van der Waals surface area (Å²) >= 11 is 1.48. The second kappa shape index (κ2) is 8.69. The predicted molar refractivity (Wildman–Crippen MR) is 114 cm³/mol. The molecule has 1 amide bonds. The van der Waals surface area contributed by atoms with Crippen LogP contribution in [0.2, 0.25) is 0 Å². The maximum absolute atomic E-state index is 12.8. The van der Waals surface area contributed by atoms with E-state index < -0.39 is 0 Å². The van der Waals surface area contributed by atoms with Crippen LogP contribution in [0.4, 0.5) is 5.69 Å². The van der Waals surface area contributed by atoms with Gasteiger partial charge < -0.3 is 14.2 Å². The lowest BCUT2D eigenvalue weighted by molar-refractivity contribution is -0.116. The number of amides is 1. The van der Waals surface area contributed by atoms with Gasteiger partial charge in [0.1, 0.15) is 5.75 Å². The van der Waals surface area contributed by atoms with Gasteiger partial charge in [0.15, 0.2) is 0 Å². The lowest BCUT2D eigenvalue weighted by Gasteiger charge is -2.22. The Morgan fingerprint density at radius 2 is 2.03 bits per heavy atom. The third kappa shape index (κ3) is 4.15. The Bertz CT molecular complexity index is 1000. The van der Waals surface area contributed by atoms with E-state index in [9.17, 15) is 4.79 Å². The lowest BCUT2D eigenvalue weighted by Crippen LogP contribution is -2.37. The molecular weight excluding hydrogens is 386 g/mol. The standard InChI is InChI=1S/C22H23N3O3S/c1-3-27-19-11-7-5-9-17(19)22-23-20(28-24-22)13-29-14-21(26)25-15(2)12-16-8-4-6-10-18(16)25/h4-11,15H,3,12-14H2,1-2H3/t15-/m1/s1. The van der Waals surface area contributed by atoms with Gasteiger partial charge in [0.05, 0.1) is 23.7 Å². The minimum Gasteiger partial charge on any atom is -0.493 e. The van der Waals surface area contributed by atoms with Crippen LogP contribution in [0, 0.1) is 0 Å². The third-order valence-electron chi connectivity index (χ3n) is 4.82.